The SMILES string of the molecule is BrC1CC1c1ccccc1. The lowest BCUT2D eigenvalue weighted by atomic mass is 10.1. The molecule has 0 saturated heterocycles. The number of benzene rings is 1. The van der Waals surface area contributed by atoms with Crippen molar-refractivity contribution in [1.29, 1.82) is 0 Å². The zero-order chi connectivity index (χ0) is 6.97. The van der Waals surface area contributed by atoms with Gasteiger partial charge >= 0.3 is 0 Å². The molecule has 1 aliphatic carbocycles. The normalized spacial score (nSPS) is 30.1. The van der Waals surface area contributed by atoms with Crippen LogP contribution in [0.4, 0.5) is 0 Å². The van der Waals surface area contributed by atoms with Gasteiger partial charge in [0.1, 0.15) is 0 Å². The minimum atomic E-state index is 0.745. The van der Waals surface area contributed by atoms with Gasteiger partial charge in [0, 0.05) is 4.83 Å². The molecule has 1 aromatic rings. The van der Waals surface area contributed by atoms with Crippen molar-refractivity contribution in [1.82, 2.24) is 0 Å². The molecule has 1 heteroatoms. The first-order chi connectivity index (χ1) is 4.88. The highest BCUT2D eigenvalue weighted by Crippen LogP contribution is 2.46. The maximum atomic E-state index is 3.59. The lowest BCUT2D eigenvalue weighted by Gasteiger charge is -1.93. The molecule has 52 valence electrons. The molecule has 10 heavy (non-hydrogen) atoms. The van der Waals surface area contributed by atoms with Crippen LogP contribution in [0.5, 0.6) is 0 Å². The van der Waals surface area contributed by atoms with Crippen LogP contribution in [0.15, 0.2) is 30.3 Å². The molecule has 0 amide bonds. The van der Waals surface area contributed by atoms with E-state index in [1.807, 2.05) is 0 Å². The topological polar surface area (TPSA) is 0 Å². The standard InChI is InChI=1S/C9H9Br/c10-9-6-8(9)7-4-2-1-3-5-7/h1-5,8-9H,6H2. The van der Waals surface area contributed by atoms with E-state index in [-0.39, 0.29) is 0 Å². The van der Waals surface area contributed by atoms with Crippen LogP contribution in [0.3, 0.4) is 0 Å². The molecule has 2 rings (SSSR count). The number of rotatable bonds is 1. The molecule has 0 bridgehead atoms. The van der Waals surface area contributed by atoms with Crippen LogP contribution in [0.25, 0.3) is 0 Å². The van der Waals surface area contributed by atoms with Gasteiger partial charge in [-0.3, -0.25) is 0 Å². The summed E-state index contributed by atoms with van der Waals surface area (Å²) in [6.45, 7) is 0. The average molecular weight is 197 g/mol. The predicted molar refractivity (Wildman–Crippen MR) is 46.5 cm³/mol. The van der Waals surface area contributed by atoms with Crippen LogP contribution in [-0.4, -0.2) is 4.83 Å². The number of halogens is 1. The fourth-order valence-corrected chi connectivity index (χ4v) is 1.92. The van der Waals surface area contributed by atoms with Gasteiger partial charge in [0.2, 0.25) is 0 Å². The van der Waals surface area contributed by atoms with Crippen LogP contribution >= 0.6 is 15.9 Å². The quantitative estimate of drug-likeness (QED) is 0.607. The van der Waals surface area contributed by atoms with E-state index in [9.17, 15) is 0 Å². The molecule has 2 atom stereocenters. The van der Waals surface area contributed by atoms with Gasteiger partial charge in [-0.1, -0.05) is 46.3 Å². The van der Waals surface area contributed by atoms with E-state index in [2.05, 4.69) is 46.3 Å². The van der Waals surface area contributed by atoms with Gasteiger partial charge in [0.25, 0.3) is 0 Å². The van der Waals surface area contributed by atoms with E-state index < -0.39 is 0 Å². The molecule has 1 fully saturated rings. The van der Waals surface area contributed by atoms with Crippen LogP contribution < -0.4 is 0 Å². The molecule has 0 N–H and O–H groups in total. The molecular formula is C9H9Br. The van der Waals surface area contributed by atoms with Gasteiger partial charge < -0.3 is 0 Å². The second-order valence-electron chi connectivity index (χ2n) is 2.77. The number of hydrogen-bond acceptors (Lipinski definition) is 0. The lowest BCUT2D eigenvalue weighted by Crippen LogP contribution is -1.78. The third-order valence-electron chi connectivity index (χ3n) is 1.94. The molecule has 2 unspecified atom stereocenters. The maximum absolute atomic E-state index is 3.59. The van der Waals surface area contributed by atoms with E-state index in [1.54, 1.807) is 0 Å². The van der Waals surface area contributed by atoms with Crippen molar-refractivity contribution in [2.24, 2.45) is 0 Å². The molecule has 1 aliphatic rings. The van der Waals surface area contributed by atoms with Crippen LogP contribution in [0, 0.1) is 0 Å². The van der Waals surface area contributed by atoms with Crippen molar-refractivity contribution in [3.63, 3.8) is 0 Å². The van der Waals surface area contributed by atoms with Crippen molar-refractivity contribution in [2.75, 3.05) is 0 Å². The third kappa shape index (κ3) is 1.10. The van der Waals surface area contributed by atoms with Gasteiger partial charge in [-0.15, -0.1) is 0 Å². The summed E-state index contributed by atoms with van der Waals surface area (Å²) in [5.74, 6) is 0.793. The highest BCUT2D eigenvalue weighted by atomic mass is 79.9. The van der Waals surface area contributed by atoms with E-state index in [0.717, 1.165) is 10.7 Å². The Kier molecular flexibility index (Phi) is 1.53. The van der Waals surface area contributed by atoms with Gasteiger partial charge in [-0.2, -0.15) is 0 Å². The van der Waals surface area contributed by atoms with Crippen molar-refractivity contribution in [3.05, 3.63) is 35.9 Å². The molecule has 0 radical (unpaired) electrons. The van der Waals surface area contributed by atoms with Crippen LogP contribution in [0.1, 0.15) is 17.9 Å². The Morgan fingerprint density at radius 1 is 1.20 bits per heavy atom. The molecule has 1 aromatic carbocycles. The average Bonchev–Trinajstić information content (AvgIpc) is 2.69. The summed E-state index contributed by atoms with van der Waals surface area (Å²) in [7, 11) is 0. The summed E-state index contributed by atoms with van der Waals surface area (Å²) in [6, 6.07) is 10.7. The minimum absolute atomic E-state index is 0.745. The highest BCUT2D eigenvalue weighted by Gasteiger charge is 2.35. The summed E-state index contributed by atoms with van der Waals surface area (Å²) < 4.78 is 0. The van der Waals surface area contributed by atoms with Crippen molar-refractivity contribution < 1.29 is 0 Å². The summed E-state index contributed by atoms with van der Waals surface area (Å²) in [4.78, 5) is 0.745. The Morgan fingerprint density at radius 3 is 2.30 bits per heavy atom. The number of alkyl halides is 1. The van der Waals surface area contributed by atoms with Gasteiger partial charge in [0.05, 0.1) is 0 Å². The molecule has 0 aromatic heterocycles. The van der Waals surface area contributed by atoms with Crippen molar-refractivity contribution in [3.8, 4) is 0 Å². The Hall–Kier alpha value is -0.300. The lowest BCUT2D eigenvalue weighted by molar-refractivity contribution is 1.14. The molecule has 0 heterocycles. The summed E-state index contributed by atoms with van der Waals surface area (Å²) in [5.41, 5.74) is 1.48. The summed E-state index contributed by atoms with van der Waals surface area (Å²) in [6.07, 6.45) is 1.31. The van der Waals surface area contributed by atoms with Crippen molar-refractivity contribution >= 4 is 15.9 Å². The van der Waals surface area contributed by atoms with E-state index >= 15 is 0 Å². The second-order valence-corrected chi connectivity index (χ2v) is 3.95. The second kappa shape index (κ2) is 2.39. The van der Waals surface area contributed by atoms with E-state index in [0.29, 0.717) is 0 Å². The van der Waals surface area contributed by atoms with Gasteiger partial charge in [-0.25, -0.2) is 0 Å². The summed E-state index contributed by atoms with van der Waals surface area (Å²) >= 11 is 3.59. The minimum Gasteiger partial charge on any atom is -0.0884 e. The molecule has 0 aliphatic heterocycles. The molecule has 1 saturated carbocycles. The van der Waals surface area contributed by atoms with E-state index in [4.69, 9.17) is 0 Å². The van der Waals surface area contributed by atoms with Crippen molar-refractivity contribution in [2.45, 2.75) is 17.2 Å². The van der Waals surface area contributed by atoms with Crippen LogP contribution in [-0.2, 0) is 0 Å². The largest absolute Gasteiger partial charge is 0.0884 e. The van der Waals surface area contributed by atoms with E-state index in [1.165, 1.54) is 12.0 Å². The molecular weight excluding hydrogens is 188 g/mol. The maximum Gasteiger partial charge on any atom is 0.0221 e. The Bertz CT molecular complexity index is 217. The fraction of sp³-hybridized carbons (Fsp3) is 0.333. The highest BCUT2D eigenvalue weighted by molar-refractivity contribution is 9.09. The summed E-state index contributed by atoms with van der Waals surface area (Å²) in [5, 5.41) is 0. The van der Waals surface area contributed by atoms with Gasteiger partial charge in [-0.05, 0) is 17.9 Å². The number of hydrogen-bond donors (Lipinski definition) is 0. The fourth-order valence-electron chi connectivity index (χ4n) is 1.21. The Morgan fingerprint density at radius 2 is 1.80 bits per heavy atom. The van der Waals surface area contributed by atoms with Gasteiger partial charge in [0.15, 0.2) is 0 Å². The Balaban J connectivity index is 2.20. The predicted octanol–water partition coefficient (Wildman–Crippen LogP) is 2.94. The first kappa shape index (κ1) is 6.41. The smallest absolute Gasteiger partial charge is 0.0221 e. The monoisotopic (exact) mass is 196 g/mol. The molecule has 0 spiro atoms. The zero-order valence-electron chi connectivity index (χ0n) is 5.63. The third-order valence-corrected chi connectivity index (χ3v) is 2.95. The Labute approximate surface area is 69.4 Å². The first-order valence-electron chi connectivity index (χ1n) is 3.57. The first-order valence-corrected chi connectivity index (χ1v) is 4.48. The van der Waals surface area contributed by atoms with Crippen LogP contribution in [0.2, 0.25) is 0 Å². The molecule has 0 nitrogen and oxygen atoms in total. The zero-order valence-corrected chi connectivity index (χ0v) is 7.21.